The van der Waals surface area contributed by atoms with Crippen LogP contribution in [0.25, 0.3) is 0 Å². The van der Waals surface area contributed by atoms with Crippen LogP contribution in [0.15, 0.2) is 95.4 Å². The standard InChI is InChI=1S/C25H21ClF3N3O4S/c1-2-14-36-20-11-8-18(9-12-20)16-30-31-24(33)17-32(37(34,35)21-6-4-3-5-7-21)19-10-13-23(26)22(15-19)25(27,28)29/h2-13,15-16H,1,14,17H2,(H,31,33)/b30-16-. The molecule has 194 valence electrons. The minimum absolute atomic E-state index is 0.214. The molecule has 0 atom stereocenters. The largest absolute Gasteiger partial charge is 0.490 e. The van der Waals surface area contributed by atoms with Crippen LogP contribution in [0.4, 0.5) is 18.9 Å². The fourth-order valence-corrected chi connectivity index (χ4v) is 4.73. The van der Waals surface area contributed by atoms with Gasteiger partial charge in [-0.3, -0.25) is 9.10 Å². The van der Waals surface area contributed by atoms with Crippen LogP contribution < -0.4 is 14.5 Å². The van der Waals surface area contributed by atoms with Crippen LogP contribution in [-0.2, 0) is 21.0 Å². The molecule has 0 heterocycles. The van der Waals surface area contributed by atoms with E-state index in [0.29, 0.717) is 28.3 Å². The van der Waals surface area contributed by atoms with Crippen LogP contribution in [0.1, 0.15) is 11.1 Å². The van der Waals surface area contributed by atoms with Crippen LogP contribution >= 0.6 is 11.6 Å². The fraction of sp³-hybridized carbons (Fsp3) is 0.120. The molecule has 0 spiro atoms. The molecule has 0 aliphatic carbocycles. The van der Waals surface area contributed by atoms with Gasteiger partial charge >= 0.3 is 6.18 Å². The predicted octanol–water partition coefficient (Wildman–Crippen LogP) is 5.27. The Morgan fingerprint density at radius 1 is 1.08 bits per heavy atom. The number of hydrogen-bond donors (Lipinski definition) is 1. The lowest BCUT2D eigenvalue weighted by molar-refractivity contribution is -0.137. The van der Waals surface area contributed by atoms with E-state index in [2.05, 4.69) is 17.1 Å². The summed E-state index contributed by atoms with van der Waals surface area (Å²) in [7, 11) is -4.42. The summed E-state index contributed by atoms with van der Waals surface area (Å²) in [4.78, 5) is 12.4. The monoisotopic (exact) mass is 551 g/mol. The van der Waals surface area contributed by atoms with Crippen molar-refractivity contribution in [3.05, 3.63) is 102 Å². The first-order chi connectivity index (χ1) is 17.5. The van der Waals surface area contributed by atoms with E-state index in [0.717, 1.165) is 12.1 Å². The highest BCUT2D eigenvalue weighted by atomic mass is 35.5. The van der Waals surface area contributed by atoms with Gasteiger partial charge in [0.05, 0.1) is 27.4 Å². The molecular formula is C25H21ClF3N3O4S. The topological polar surface area (TPSA) is 88.1 Å². The number of anilines is 1. The second kappa shape index (κ2) is 11.9. The molecule has 0 aliphatic heterocycles. The predicted molar refractivity (Wildman–Crippen MR) is 135 cm³/mol. The highest BCUT2D eigenvalue weighted by molar-refractivity contribution is 7.92. The number of nitrogens with one attached hydrogen (secondary N) is 1. The van der Waals surface area contributed by atoms with E-state index in [4.69, 9.17) is 16.3 Å². The zero-order chi connectivity index (χ0) is 27.1. The average Bonchev–Trinajstić information content (AvgIpc) is 2.87. The Morgan fingerprint density at radius 2 is 1.76 bits per heavy atom. The number of hydrazone groups is 1. The van der Waals surface area contributed by atoms with E-state index in [1.54, 1.807) is 36.4 Å². The first-order valence-electron chi connectivity index (χ1n) is 10.6. The van der Waals surface area contributed by atoms with Crippen molar-refractivity contribution in [2.75, 3.05) is 17.5 Å². The molecule has 3 rings (SSSR count). The summed E-state index contributed by atoms with van der Waals surface area (Å²) in [5.74, 6) is -0.283. The smallest absolute Gasteiger partial charge is 0.417 e. The number of carbonyl (C=O) groups excluding carboxylic acids is 1. The third kappa shape index (κ3) is 7.34. The van der Waals surface area contributed by atoms with Crippen molar-refractivity contribution in [3.8, 4) is 5.75 Å². The third-order valence-electron chi connectivity index (χ3n) is 4.81. The normalized spacial score (nSPS) is 11.8. The van der Waals surface area contributed by atoms with Gasteiger partial charge in [-0.15, -0.1) is 0 Å². The number of hydrogen-bond acceptors (Lipinski definition) is 5. The van der Waals surface area contributed by atoms with Gasteiger partial charge in [-0.1, -0.05) is 42.5 Å². The Morgan fingerprint density at radius 3 is 2.38 bits per heavy atom. The van der Waals surface area contributed by atoms with Gasteiger partial charge in [0.1, 0.15) is 18.9 Å². The molecule has 12 heteroatoms. The number of nitrogens with zero attached hydrogens (tertiary/aromatic N) is 2. The zero-order valence-corrected chi connectivity index (χ0v) is 20.7. The van der Waals surface area contributed by atoms with Crippen molar-refractivity contribution in [3.63, 3.8) is 0 Å². The molecule has 0 fully saturated rings. The lowest BCUT2D eigenvalue weighted by Gasteiger charge is -2.24. The van der Waals surface area contributed by atoms with Gasteiger partial charge in [-0.25, -0.2) is 13.8 Å². The lowest BCUT2D eigenvalue weighted by atomic mass is 10.2. The number of benzene rings is 3. The number of sulfonamides is 1. The van der Waals surface area contributed by atoms with Gasteiger partial charge in [-0.05, 0) is 60.2 Å². The van der Waals surface area contributed by atoms with Crippen LogP contribution in [0.3, 0.4) is 0 Å². The Bertz CT molecular complexity index is 1380. The van der Waals surface area contributed by atoms with E-state index in [1.807, 2.05) is 0 Å². The first-order valence-corrected chi connectivity index (χ1v) is 12.4. The summed E-state index contributed by atoms with van der Waals surface area (Å²) in [5.41, 5.74) is 1.17. The maximum Gasteiger partial charge on any atom is 0.417 e. The Labute approximate surface area is 216 Å². The van der Waals surface area contributed by atoms with E-state index < -0.39 is 44.9 Å². The quantitative estimate of drug-likeness (QED) is 0.211. The molecule has 0 saturated carbocycles. The van der Waals surface area contributed by atoms with Gasteiger partial charge in [-0.2, -0.15) is 18.3 Å². The molecule has 3 aromatic carbocycles. The van der Waals surface area contributed by atoms with Crippen molar-refractivity contribution in [1.82, 2.24) is 5.43 Å². The fourth-order valence-electron chi connectivity index (χ4n) is 3.07. The second-order valence-corrected chi connectivity index (χ2v) is 9.72. The molecule has 0 unspecified atom stereocenters. The van der Waals surface area contributed by atoms with Gasteiger partial charge in [0, 0.05) is 0 Å². The second-order valence-electron chi connectivity index (χ2n) is 7.45. The summed E-state index contributed by atoms with van der Waals surface area (Å²) in [6.45, 7) is 3.05. The van der Waals surface area contributed by atoms with E-state index in [-0.39, 0.29) is 4.90 Å². The van der Waals surface area contributed by atoms with Gasteiger partial charge in [0.15, 0.2) is 0 Å². The summed E-state index contributed by atoms with van der Waals surface area (Å²) < 4.78 is 72.8. The Kier molecular flexibility index (Phi) is 8.95. The summed E-state index contributed by atoms with van der Waals surface area (Å²) in [6, 6.07) is 16.3. The van der Waals surface area contributed by atoms with E-state index in [1.165, 1.54) is 30.5 Å². The first kappa shape index (κ1) is 27.8. The van der Waals surface area contributed by atoms with Crippen molar-refractivity contribution >= 4 is 39.4 Å². The highest BCUT2D eigenvalue weighted by Crippen LogP contribution is 2.38. The van der Waals surface area contributed by atoms with Gasteiger partial charge in [0.2, 0.25) is 0 Å². The maximum atomic E-state index is 13.4. The maximum absolute atomic E-state index is 13.4. The summed E-state index contributed by atoms with van der Waals surface area (Å²) in [6.07, 6.45) is -1.93. The molecule has 0 bridgehead atoms. The molecular weight excluding hydrogens is 531 g/mol. The number of alkyl halides is 3. The highest BCUT2D eigenvalue weighted by Gasteiger charge is 2.35. The molecule has 1 N–H and O–H groups in total. The minimum Gasteiger partial charge on any atom is -0.490 e. The average molecular weight is 552 g/mol. The van der Waals surface area contributed by atoms with E-state index in [9.17, 15) is 26.4 Å². The molecule has 7 nitrogen and oxygen atoms in total. The molecule has 37 heavy (non-hydrogen) atoms. The van der Waals surface area contributed by atoms with Crippen molar-refractivity contribution in [2.45, 2.75) is 11.1 Å². The lowest BCUT2D eigenvalue weighted by Crippen LogP contribution is -2.39. The number of halogens is 4. The van der Waals surface area contributed by atoms with Crippen molar-refractivity contribution in [1.29, 1.82) is 0 Å². The molecule has 3 aromatic rings. The molecule has 0 radical (unpaired) electrons. The Hall–Kier alpha value is -3.83. The van der Waals surface area contributed by atoms with Crippen LogP contribution in [0, 0.1) is 0 Å². The Balaban J connectivity index is 1.85. The van der Waals surface area contributed by atoms with Crippen molar-refractivity contribution in [2.24, 2.45) is 5.10 Å². The number of rotatable bonds is 10. The van der Waals surface area contributed by atoms with E-state index >= 15 is 0 Å². The molecule has 0 aromatic heterocycles. The molecule has 1 amide bonds. The SMILES string of the molecule is C=CCOc1ccc(/C=N\NC(=O)CN(c2ccc(Cl)c(C(F)(F)F)c2)S(=O)(=O)c2ccccc2)cc1. The van der Waals surface area contributed by atoms with Crippen LogP contribution in [-0.4, -0.2) is 33.7 Å². The molecule has 0 saturated heterocycles. The number of carbonyl (C=O) groups is 1. The minimum atomic E-state index is -4.84. The third-order valence-corrected chi connectivity index (χ3v) is 6.93. The van der Waals surface area contributed by atoms with Crippen molar-refractivity contribution < 1.29 is 31.1 Å². The number of amides is 1. The number of ether oxygens (including phenoxy) is 1. The summed E-state index contributed by atoms with van der Waals surface area (Å²) in [5, 5.41) is 3.19. The van der Waals surface area contributed by atoms with Gasteiger partial charge < -0.3 is 4.74 Å². The zero-order valence-electron chi connectivity index (χ0n) is 19.2. The molecule has 0 aliphatic rings. The van der Waals surface area contributed by atoms with Crippen LogP contribution in [0.2, 0.25) is 5.02 Å². The summed E-state index contributed by atoms with van der Waals surface area (Å²) >= 11 is 5.69. The van der Waals surface area contributed by atoms with Gasteiger partial charge in [0.25, 0.3) is 15.9 Å². The van der Waals surface area contributed by atoms with Crippen LogP contribution in [0.5, 0.6) is 5.75 Å².